The topological polar surface area (TPSA) is 66.4 Å². The van der Waals surface area contributed by atoms with Crippen molar-refractivity contribution < 1.29 is 14.0 Å². The van der Waals surface area contributed by atoms with Gasteiger partial charge in [-0.1, -0.05) is 0 Å². The number of nitrogens with zero attached hydrogens (tertiary/aromatic N) is 4. The standard InChI is InChI=1S/C23H27FN4O2/c1-16-19(23(30)27-12-4-2-5-13-27)15-25-21(26-16)20-7-3-6-14-28(20)22(29)17-8-10-18(24)11-9-17/h8-11,15,20H,2-7,12-14H2,1H3/t20-/m0/s1. The molecule has 2 aromatic rings. The minimum atomic E-state index is -0.366. The Morgan fingerprint density at radius 2 is 1.67 bits per heavy atom. The molecule has 0 radical (unpaired) electrons. The molecule has 0 N–H and O–H groups in total. The summed E-state index contributed by atoms with van der Waals surface area (Å²) in [5.41, 5.74) is 1.64. The lowest BCUT2D eigenvalue weighted by Crippen LogP contribution is -2.39. The van der Waals surface area contributed by atoms with Gasteiger partial charge in [0.2, 0.25) is 0 Å². The van der Waals surface area contributed by atoms with Crippen LogP contribution in [0.3, 0.4) is 0 Å². The van der Waals surface area contributed by atoms with Crippen LogP contribution in [-0.4, -0.2) is 51.2 Å². The molecule has 0 bridgehead atoms. The van der Waals surface area contributed by atoms with E-state index in [1.54, 1.807) is 11.1 Å². The zero-order valence-corrected chi connectivity index (χ0v) is 17.3. The molecule has 0 unspecified atom stereocenters. The normalized spacial score (nSPS) is 19.6. The van der Waals surface area contributed by atoms with Crippen LogP contribution in [0.4, 0.5) is 4.39 Å². The van der Waals surface area contributed by atoms with Gasteiger partial charge in [-0.25, -0.2) is 14.4 Å². The van der Waals surface area contributed by atoms with Gasteiger partial charge in [-0.2, -0.15) is 0 Å². The fourth-order valence-corrected chi connectivity index (χ4v) is 4.32. The molecular weight excluding hydrogens is 383 g/mol. The number of carbonyl (C=O) groups is 2. The second kappa shape index (κ2) is 8.90. The van der Waals surface area contributed by atoms with Crippen LogP contribution in [0, 0.1) is 12.7 Å². The van der Waals surface area contributed by atoms with E-state index in [-0.39, 0.29) is 23.7 Å². The number of aryl methyl sites for hydroxylation is 1. The zero-order valence-electron chi connectivity index (χ0n) is 17.3. The second-order valence-electron chi connectivity index (χ2n) is 8.10. The third kappa shape index (κ3) is 4.20. The molecule has 0 spiro atoms. The van der Waals surface area contributed by atoms with Crippen molar-refractivity contribution in [3.8, 4) is 0 Å². The van der Waals surface area contributed by atoms with Gasteiger partial charge in [0.1, 0.15) is 5.82 Å². The molecule has 158 valence electrons. The molecule has 2 saturated heterocycles. The summed E-state index contributed by atoms with van der Waals surface area (Å²) in [6, 6.07) is 5.38. The maximum atomic E-state index is 13.2. The predicted octanol–water partition coefficient (Wildman–Crippen LogP) is 3.92. The Labute approximate surface area is 176 Å². The van der Waals surface area contributed by atoms with E-state index >= 15 is 0 Å². The fourth-order valence-electron chi connectivity index (χ4n) is 4.32. The number of likely N-dealkylation sites (tertiary alicyclic amines) is 2. The maximum absolute atomic E-state index is 13.2. The summed E-state index contributed by atoms with van der Waals surface area (Å²) in [6.07, 6.45) is 7.51. The number of halogens is 1. The van der Waals surface area contributed by atoms with Gasteiger partial charge in [-0.05, 0) is 69.7 Å². The molecule has 2 aliphatic rings. The Hall–Kier alpha value is -2.83. The van der Waals surface area contributed by atoms with Crippen molar-refractivity contribution in [3.63, 3.8) is 0 Å². The van der Waals surface area contributed by atoms with Crippen molar-refractivity contribution in [1.29, 1.82) is 0 Å². The number of hydrogen-bond donors (Lipinski definition) is 0. The van der Waals surface area contributed by atoms with Gasteiger partial charge >= 0.3 is 0 Å². The monoisotopic (exact) mass is 410 g/mol. The van der Waals surface area contributed by atoms with Crippen LogP contribution in [0.25, 0.3) is 0 Å². The van der Waals surface area contributed by atoms with E-state index in [1.165, 1.54) is 24.3 Å². The number of benzene rings is 1. The first-order valence-corrected chi connectivity index (χ1v) is 10.7. The summed E-state index contributed by atoms with van der Waals surface area (Å²) in [5.74, 6) is 0.0450. The number of amides is 2. The first-order valence-electron chi connectivity index (χ1n) is 10.7. The van der Waals surface area contributed by atoms with Gasteiger partial charge in [-0.15, -0.1) is 0 Å². The minimum absolute atomic E-state index is 0.0124. The Kier molecular flexibility index (Phi) is 6.06. The number of piperidine rings is 2. The van der Waals surface area contributed by atoms with Crippen molar-refractivity contribution in [2.45, 2.75) is 51.5 Å². The van der Waals surface area contributed by atoms with Crippen molar-refractivity contribution >= 4 is 11.8 Å². The van der Waals surface area contributed by atoms with E-state index in [0.29, 0.717) is 29.2 Å². The molecular formula is C23H27FN4O2. The summed E-state index contributed by atoms with van der Waals surface area (Å²) in [5, 5.41) is 0. The fraction of sp³-hybridized carbons (Fsp3) is 0.478. The van der Waals surface area contributed by atoms with E-state index in [9.17, 15) is 14.0 Å². The number of aromatic nitrogens is 2. The summed E-state index contributed by atoms with van der Waals surface area (Å²) >= 11 is 0. The molecule has 1 aromatic heterocycles. The molecule has 0 saturated carbocycles. The minimum Gasteiger partial charge on any atom is -0.339 e. The lowest BCUT2D eigenvalue weighted by Gasteiger charge is -2.35. The number of hydrogen-bond acceptors (Lipinski definition) is 4. The number of carbonyl (C=O) groups excluding carboxylic acids is 2. The molecule has 7 heteroatoms. The Morgan fingerprint density at radius 3 is 2.37 bits per heavy atom. The Balaban J connectivity index is 1.56. The van der Waals surface area contributed by atoms with Crippen molar-refractivity contribution in [2.24, 2.45) is 0 Å². The molecule has 6 nitrogen and oxygen atoms in total. The number of rotatable bonds is 3. The summed E-state index contributed by atoms with van der Waals surface area (Å²) in [7, 11) is 0. The molecule has 1 aromatic carbocycles. The zero-order chi connectivity index (χ0) is 21.1. The molecule has 3 heterocycles. The van der Waals surface area contributed by atoms with E-state index < -0.39 is 0 Å². The molecule has 2 fully saturated rings. The van der Waals surface area contributed by atoms with Crippen molar-refractivity contribution in [1.82, 2.24) is 19.8 Å². The summed E-state index contributed by atoms with van der Waals surface area (Å²) < 4.78 is 13.2. The van der Waals surface area contributed by atoms with Crippen LogP contribution in [-0.2, 0) is 0 Å². The average molecular weight is 410 g/mol. The lowest BCUT2D eigenvalue weighted by atomic mass is 9.99. The highest BCUT2D eigenvalue weighted by Gasteiger charge is 2.31. The largest absolute Gasteiger partial charge is 0.339 e. The van der Waals surface area contributed by atoms with Crippen LogP contribution >= 0.6 is 0 Å². The van der Waals surface area contributed by atoms with Crippen molar-refractivity contribution in [3.05, 3.63) is 58.9 Å². The van der Waals surface area contributed by atoms with E-state index in [0.717, 1.165) is 51.6 Å². The molecule has 4 rings (SSSR count). The van der Waals surface area contributed by atoms with Gasteiger partial charge in [-0.3, -0.25) is 9.59 Å². The average Bonchev–Trinajstić information content (AvgIpc) is 2.79. The molecule has 2 amide bonds. The van der Waals surface area contributed by atoms with Gasteiger partial charge < -0.3 is 9.80 Å². The predicted molar refractivity (Wildman–Crippen MR) is 111 cm³/mol. The smallest absolute Gasteiger partial charge is 0.257 e. The SMILES string of the molecule is Cc1nc([C@@H]2CCCCN2C(=O)c2ccc(F)cc2)ncc1C(=O)N1CCCCC1. The van der Waals surface area contributed by atoms with E-state index in [4.69, 9.17) is 0 Å². The molecule has 30 heavy (non-hydrogen) atoms. The first-order chi connectivity index (χ1) is 14.5. The van der Waals surface area contributed by atoms with Crippen LogP contribution in [0.5, 0.6) is 0 Å². The molecule has 1 atom stereocenters. The summed E-state index contributed by atoms with van der Waals surface area (Å²) in [6.45, 7) is 4.00. The van der Waals surface area contributed by atoms with E-state index in [1.807, 2.05) is 11.8 Å². The van der Waals surface area contributed by atoms with Gasteiger partial charge in [0, 0.05) is 31.4 Å². The highest BCUT2D eigenvalue weighted by Crippen LogP contribution is 2.31. The second-order valence-corrected chi connectivity index (χ2v) is 8.10. The Morgan fingerprint density at radius 1 is 0.967 bits per heavy atom. The first kappa shape index (κ1) is 20.4. The highest BCUT2D eigenvalue weighted by molar-refractivity contribution is 5.95. The quantitative estimate of drug-likeness (QED) is 0.769. The molecule has 0 aliphatic carbocycles. The van der Waals surface area contributed by atoms with Crippen LogP contribution in [0.2, 0.25) is 0 Å². The van der Waals surface area contributed by atoms with Crippen LogP contribution < -0.4 is 0 Å². The van der Waals surface area contributed by atoms with Crippen LogP contribution in [0.1, 0.15) is 76.8 Å². The van der Waals surface area contributed by atoms with Gasteiger partial charge in [0.25, 0.3) is 11.8 Å². The maximum Gasteiger partial charge on any atom is 0.257 e. The highest BCUT2D eigenvalue weighted by atomic mass is 19.1. The third-order valence-electron chi connectivity index (χ3n) is 6.02. The van der Waals surface area contributed by atoms with Crippen LogP contribution in [0.15, 0.2) is 30.5 Å². The van der Waals surface area contributed by atoms with Gasteiger partial charge in [0.05, 0.1) is 17.3 Å². The van der Waals surface area contributed by atoms with Crippen molar-refractivity contribution in [2.75, 3.05) is 19.6 Å². The Bertz CT molecular complexity index is 925. The molecule has 2 aliphatic heterocycles. The van der Waals surface area contributed by atoms with Gasteiger partial charge in [0.15, 0.2) is 5.82 Å². The van der Waals surface area contributed by atoms with E-state index in [2.05, 4.69) is 9.97 Å². The lowest BCUT2D eigenvalue weighted by molar-refractivity contribution is 0.0597. The summed E-state index contributed by atoms with van der Waals surface area (Å²) in [4.78, 5) is 38.7. The third-order valence-corrected chi connectivity index (χ3v) is 6.02.